The van der Waals surface area contributed by atoms with Crippen LogP contribution in [0.3, 0.4) is 0 Å². The van der Waals surface area contributed by atoms with E-state index in [0.29, 0.717) is 30.0 Å². The second-order valence-corrected chi connectivity index (χ2v) is 9.92. The summed E-state index contributed by atoms with van der Waals surface area (Å²) in [5.74, 6) is -0.263. The van der Waals surface area contributed by atoms with Crippen molar-refractivity contribution in [3.8, 4) is 11.8 Å². The lowest BCUT2D eigenvalue weighted by Gasteiger charge is -2.25. The number of hydrogen-bond acceptors (Lipinski definition) is 5. The summed E-state index contributed by atoms with van der Waals surface area (Å²) in [5.41, 5.74) is 2.26. The zero-order chi connectivity index (χ0) is 24.0. The molecule has 4 rings (SSSR count). The third kappa shape index (κ3) is 5.42. The predicted molar refractivity (Wildman–Crippen MR) is 130 cm³/mol. The number of esters is 1. The van der Waals surface area contributed by atoms with Crippen LogP contribution < -0.4 is 4.74 Å². The molecule has 34 heavy (non-hydrogen) atoms. The Morgan fingerprint density at radius 1 is 0.882 bits per heavy atom. The Bertz CT molecular complexity index is 1340. The van der Waals surface area contributed by atoms with Gasteiger partial charge in [-0.3, -0.25) is 0 Å². The second-order valence-electron chi connectivity index (χ2n) is 7.99. The average Bonchev–Trinajstić information content (AvgIpc) is 2.88. The molecule has 0 atom stereocenters. The normalized spacial score (nSPS) is 14.9. The first-order valence-corrected chi connectivity index (χ1v) is 12.5. The molecule has 1 saturated heterocycles. The summed E-state index contributed by atoms with van der Waals surface area (Å²) < 4.78 is 32.6. The quantitative estimate of drug-likeness (QED) is 0.214. The maximum absolute atomic E-state index is 12.8. The minimum Gasteiger partial charge on any atom is -0.423 e. The van der Waals surface area contributed by atoms with Crippen LogP contribution in [0.25, 0.3) is 11.6 Å². The molecule has 1 aliphatic heterocycles. The summed E-state index contributed by atoms with van der Waals surface area (Å²) in [6, 6.07) is 24.2. The van der Waals surface area contributed by atoms with Crippen molar-refractivity contribution in [1.29, 1.82) is 5.26 Å². The van der Waals surface area contributed by atoms with Crippen molar-refractivity contribution in [1.82, 2.24) is 4.31 Å². The fourth-order valence-electron chi connectivity index (χ4n) is 3.82. The monoisotopic (exact) mass is 472 g/mol. The molecule has 3 aromatic carbocycles. The highest BCUT2D eigenvalue weighted by atomic mass is 32.2. The Hall–Kier alpha value is -3.73. The molecule has 0 unspecified atom stereocenters. The van der Waals surface area contributed by atoms with Crippen LogP contribution in [0.5, 0.6) is 5.75 Å². The van der Waals surface area contributed by atoms with E-state index in [-0.39, 0.29) is 10.5 Å². The van der Waals surface area contributed by atoms with Gasteiger partial charge in [-0.25, -0.2) is 13.2 Å². The molecule has 0 N–H and O–H groups in total. The number of carbonyl (C=O) groups is 1. The standard InChI is InChI=1S/C27H24N2O4S/c28-20-24(22-9-3-1-4-10-22)18-21-8-7-11-25(19-21)33-27(30)23-12-14-26(15-13-23)34(31,32)29-16-5-2-6-17-29/h1,3-4,7-15,18-19H,2,5-6,16-17H2/b24-18-. The molecule has 172 valence electrons. The SMILES string of the molecule is N#C/C(=C/c1cccc(OC(=O)c2ccc(S(=O)(=O)N3CCCCC3)cc2)c1)c1ccccc1. The first kappa shape index (κ1) is 23.4. The van der Waals surface area contributed by atoms with Crippen molar-refractivity contribution in [2.75, 3.05) is 13.1 Å². The van der Waals surface area contributed by atoms with Crippen molar-refractivity contribution >= 4 is 27.6 Å². The molecule has 0 aromatic heterocycles. The van der Waals surface area contributed by atoms with Crippen LogP contribution in [-0.4, -0.2) is 31.8 Å². The lowest BCUT2D eigenvalue weighted by molar-refractivity contribution is 0.0734. The Balaban J connectivity index is 1.48. The van der Waals surface area contributed by atoms with E-state index >= 15 is 0 Å². The number of carbonyl (C=O) groups excluding carboxylic acids is 1. The number of piperidine rings is 1. The van der Waals surface area contributed by atoms with Gasteiger partial charge >= 0.3 is 5.97 Å². The van der Waals surface area contributed by atoms with Gasteiger partial charge < -0.3 is 4.74 Å². The molecule has 0 bridgehead atoms. The van der Waals surface area contributed by atoms with Gasteiger partial charge in [0.25, 0.3) is 0 Å². The van der Waals surface area contributed by atoms with Crippen molar-refractivity contribution in [2.45, 2.75) is 24.2 Å². The van der Waals surface area contributed by atoms with Crippen molar-refractivity contribution in [2.24, 2.45) is 0 Å². The van der Waals surface area contributed by atoms with E-state index in [9.17, 15) is 18.5 Å². The lowest BCUT2D eigenvalue weighted by Crippen LogP contribution is -2.35. The summed E-state index contributed by atoms with van der Waals surface area (Å²) in [5, 5.41) is 9.52. The highest BCUT2D eigenvalue weighted by Crippen LogP contribution is 2.23. The minimum atomic E-state index is -3.56. The Kier molecular flexibility index (Phi) is 7.21. The number of sulfonamides is 1. The zero-order valence-electron chi connectivity index (χ0n) is 18.6. The molecule has 6 nitrogen and oxygen atoms in total. The Morgan fingerprint density at radius 2 is 1.59 bits per heavy atom. The second kappa shape index (κ2) is 10.5. The Labute approximate surface area is 199 Å². The van der Waals surface area contributed by atoms with Crippen LogP contribution in [0.2, 0.25) is 0 Å². The van der Waals surface area contributed by atoms with E-state index in [1.165, 1.54) is 28.6 Å². The van der Waals surface area contributed by atoms with Gasteiger partial charge in [-0.2, -0.15) is 9.57 Å². The van der Waals surface area contributed by atoms with Crippen LogP contribution in [0, 0.1) is 11.3 Å². The number of rotatable bonds is 6. The first-order chi connectivity index (χ1) is 16.5. The van der Waals surface area contributed by atoms with E-state index in [1.807, 2.05) is 36.4 Å². The van der Waals surface area contributed by atoms with Gasteiger partial charge in [0.1, 0.15) is 5.75 Å². The van der Waals surface area contributed by atoms with E-state index in [0.717, 1.165) is 24.8 Å². The van der Waals surface area contributed by atoms with Crippen LogP contribution in [-0.2, 0) is 10.0 Å². The summed E-state index contributed by atoms with van der Waals surface area (Å²) in [6.07, 6.45) is 4.49. The van der Waals surface area contributed by atoms with E-state index in [1.54, 1.807) is 24.3 Å². The number of hydrogen-bond donors (Lipinski definition) is 0. The summed E-state index contributed by atoms with van der Waals surface area (Å²) in [7, 11) is -3.56. The molecule has 0 spiro atoms. The third-order valence-corrected chi connectivity index (χ3v) is 7.54. The van der Waals surface area contributed by atoms with Gasteiger partial charge in [0.05, 0.1) is 22.1 Å². The fourth-order valence-corrected chi connectivity index (χ4v) is 5.33. The van der Waals surface area contributed by atoms with Gasteiger partial charge in [0.2, 0.25) is 10.0 Å². The average molecular weight is 473 g/mol. The van der Waals surface area contributed by atoms with Crippen molar-refractivity contribution in [3.63, 3.8) is 0 Å². The van der Waals surface area contributed by atoms with E-state index < -0.39 is 16.0 Å². The van der Waals surface area contributed by atoms with E-state index in [2.05, 4.69) is 6.07 Å². The summed E-state index contributed by atoms with van der Waals surface area (Å²) >= 11 is 0. The topological polar surface area (TPSA) is 87.5 Å². The fraction of sp³-hybridized carbons (Fsp3) is 0.185. The van der Waals surface area contributed by atoms with Crippen molar-refractivity contribution < 1.29 is 17.9 Å². The molecule has 3 aromatic rings. The van der Waals surface area contributed by atoms with Crippen LogP contribution in [0.4, 0.5) is 0 Å². The zero-order valence-corrected chi connectivity index (χ0v) is 19.4. The van der Waals surface area contributed by atoms with E-state index in [4.69, 9.17) is 4.74 Å². The maximum Gasteiger partial charge on any atom is 0.343 e. The molecular weight excluding hydrogens is 448 g/mol. The summed E-state index contributed by atoms with van der Waals surface area (Å²) in [4.78, 5) is 12.8. The van der Waals surface area contributed by atoms with Crippen molar-refractivity contribution in [3.05, 3.63) is 95.6 Å². The Morgan fingerprint density at radius 3 is 2.26 bits per heavy atom. The number of allylic oxidation sites excluding steroid dienone is 1. The van der Waals surface area contributed by atoms with Gasteiger partial charge in [0, 0.05) is 13.1 Å². The number of benzene rings is 3. The van der Waals surface area contributed by atoms with Crippen LogP contribution in [0.1, 0.15) is 40.7 Å². The van der Waals surface area contributed by atoms with Crippen LogP contribution >= 0.6 is 0 Å². The summed E-state index contributed by atoms with van der Waals surface area (Å²) in [6.45, 7) is 1.05. The molecule has 1 fully saturated rings. The maximum atomic E-state index is 12.8. The molecule has 0 saturated carbocycles. The molecule has 1 aliphatic rings. The van der Waals surface area contributed by atoms with Gasteiger partial charge in [-0.05, 0) is 66.4 Å². The molecular formula is C27H24N2O4S. The molecule has 7 heteroatoms. The minimum absolute atomic E-state index is 0.169. The van der Waals surface area contributed by atoms with Crippen LogP contribution in [0.15, 0.2) is 83.8 Å². The molecule has 0 amide bonds. The number of ether oxygens (including phenoxy) is 1. The predicted octanol–water partition coefficient (Wildman–Crippen LogP) is 5.14. The highest BCUT2D eigenvalue weighted by Gasteiger charge is 2.26. The third-order valence-electron chi connectivity index (χ3n) is 5.63. The highest BCUT2D eigenvalue weighted by molar-refractivity contribution is 7.89. The molecule has 0 aliphatic carbocycles. The van der Waals surface area contributed by atoms with Gasteiger partial charge in [-0.15, -0.1) is 0 Å². The molecule has 1 heterocycles. The molecule has 0 radical (unpaired) electrons. The smallest absolute Gasteiger partial charge is 0.343 e. The number of nitriles is 1. The lowest BCUT2D eigenvalue weighted by atomic mass is 10.0. The largest absolute Gasteiger partial charge is 0.423 e. The first-order valence-electron chi connectivity index (χ1n) is 11.1. The number of nitrogens with zero attached hydrogens (tertiary/aromatic N) is 2. The van der Waals surface area contributed by atoms with Gasteiger partial charge in [-0.1, -0.05) is 48.9 Å². The van der Waals surface area contributed by atoms with Gasteiger partial charge in [0.15, 0.2) is 0 Å².